The number of nitrogens with zero attached hydrogens (tertiary/aromatic N) is 2. The topological polar surface area (TPSA) is 70.1 Å². The Hall–Kier alpha value is -1.36. The van der Waals surface area contributed by atoms with Crippen LogP contribution in [0.4, 0.5) is 11.8 Å². The first-order valence-electron chi connectivity index (χ1n) is 7.11. The second-order valence-electron chi connectivity index (χ2n) is 5.34. The van der Waals surface area contributed by atoms with Crippen molar-refractivity contribution in [2.45, 2.75) is 32.6 Å². The van der Waals surface area contributed by atoms with Gasteiger partial charge in [0.25, 0.3) is 0 Å². The molecule has 1 aliphatic carbocycles. The molecule has 0 aromatic carbocycles. The highest BCUT2D eigenvalue weighted by atomic mass is 16.3. The third kappa shape index (κ3) is 3.80. The molecule has 0 bridgehead atoms. The van der Waals surface area contributed by atoms with Crippen LogP contribution >= 0.6 is 0 Å². The first-order valence-corrected chi connectivity index (χ1v) is 7.11. The molecule has 5 nitrogen and oxygen atoms in total. The van der Waals surface area contributed by atoms with Crippen molar-refractivity contribution in [1.29, 1.82) is 0 Å². The van der Waals surface area contributed by atoms with Gasteiger partial charge in [0.2, 0.25) is 5.95 Å². The molecule has 5 heteroatoms. The first kappa shape index (κ1) is 14.1. The zero-order valence-corrected chi connectivity index (χ0v) is 11.8. The van der Waals surface area contributed by atoms with Crippen LogP contribution in [0, 0.1) is 18.8 Å². The molecule has 19 heavy (non-hydrogen) atoms. The third-order valence-corrected chi connectivity index (χ3v) is 3.92. The Morgan fingerprint density at radius 1 is 1.26 bits per heavy atom. The lowest BCUT2D eigenvalue weighted by atomic mass is 9.79. The summed E-state index contributed by atoms with van der Waals surface area (Å²) in [5, 5.41) is 15.8. The van der Waals surface area contributed by atoms with Crippen LogP contribution < -0.4 is 10.6 Å². The van der Waals surface area contributed by atoms with Crippen molar-refractivity contribution in [2.75, 3.05) is 30.8 Å². The van der Waals surface area contributed by atoms with Gasteiger partial charge in [0.05, 0.1) is 0 Å². The molecule has 106 valence electrons. The molecular weight excluding hydrogens is 240 g/mol. The molecule has 1 aromatic rings. The van der Waals surface area contributed by atoms with Gasteiger partial charge in [-0.1, -0.05) is 12.8 Å². The van der Waals surface area contributed by atoms with Gasteiger partial charge in [0, 0.05) is 32.0 Å². The van der Waals surface area contributed by atoms with Crippen molar-refractivity contribution in [3.63, 3.8) is 0 Å². The summed E-state index contributed by atoms with van der Waals surface area (Å²) in [5.41, 5.74) is 0.948. The number of aliphatic hydroxyl groups excluding tert-OH is 1. The summed E-state index contributed by atoms with van der Waals surface area (Å²) < 4.78 is 0. The fourth-order valence-corrected chi connectivity index (χ4v) is 2.80. The van der Waals surface area contributed by atoms with Gasteiger partial charge >= 0.3 is 0 Å². The highest BCUT2D eigenvalue weighted by Gasteiger charge is 2.24. The normalized spacial score (nSPS) is 23.1. The predicted molar refractivity (Wildman–Crippen MR) is 77.3 cm³/mol. The summed E-state index contributed by atoms with van der Waals surface area (Å²) in [4.78, 5) is 8.67. The molecule has 0 aliphatic heterocycles. The van der Waals surface area contributed by atoms with E-state index in [0.717, 1.165) is 24.5 Å². The van der Waals surface area contributed by atoms with Crippen LogP contribution in [0.5, 0.6) is 0 Å². The number of anilines is 2. The van der Waals surface area contributed by atoms with E-state index in [1.54, 1.807) is 0 Å². The highest BCUT2D eigenvalue weighted by Crippen LogP contribution is 2.29. The Morgan fingerprint density at radius 3 is 2.68 bits per heavy atom. The summed E-state index contributed by atoms with van der Waals surface area (Å²) in [6.07, 6.45) is 4.86. The van der Waals surface area contributed by atoms with Crippen LogP contribution in [0.2, 0.25) is 0 Å². The second kappa shape index (κ2) is 6.70. The Balaban J connectivity index is 1.95. The van der Waals surface area contributed by atoms with Gasteiger partial charge in [-0.2, -0.15) is 4.98 Å². The summed E-state index contributed by atoms with van der Waals surface area (Å²) in [7, 11) is 1.82. The van der Waals surface area contributed by atoms with E-state index >= 15 is 0 Å². The number of aryl methyl sites for hydroxylation is 1. The minimum absolute atomic E-state index is 0.302. The number of nitrogens with one attached hydrogen (secondary N) is 2. The molecule has 1 aliphatic rings. The molecule has 1 saturated carbocycles. The summed E-state index contributed by atoms with van der Waals surface area (Å²) >= 11 is 0. The van der Waals surface area contributed by atoms with Crippen LogP contribution in [0.1, 0.15) is 31.4 Å². The molecular formula is C14H24N4O. The summed E-state index contributed by atoms with van der Waals surface area (Å²) in [6.45, 7) is 3.15. The van der Waals surface area contributed by atoms with E-state index in [4.69, 9.17) is 0 Å². The van der Waals surface area contributed by atoms with Crippen molar-refractivity contribution < 1.29 is 5.11 Å². The fourth-order valence-electron chi connectivity index (χ4n) is 2.80. The zero-order valence-electron chi connectivity index (χ0n) is 11.8. The third-order valence-electron chi connectivity index (χ3n) is 3.92. The van der Waals surface area contributed by atoms with E-state index in [0.29, 0.717) is 24.4 Å². The van der Waals surface area contributed by atoms with Crippen LogP contribution in [-0.4, -0.2) is 35.3 Å². The van der Waals surface area contributed by atoms with Crippen molar-refractivity contribution in [2.24, 2.45) is 11.8 Å². The summed E-state index contributed by atoms with van der Waals surface area (Å²) in [5.74, 6) is 2.49. The maximum atomic E-state index is 9.42. The average molecular weight is 264 g/mol. The van der Waals surface area contributed by atoms with Gasteiger partial charge in [-0.3, -0.25) is 0 Å². The van der Waals surface area contributed by atoms with Crippen LogP contribution in [0.15, 0.2) is 6.07 Å². The van der Waals surface area contributed by atoms with E-state index < -0.39 is 0 Å². The molecule has 1 fully saturated rings. The lowest BCUT2D eigenvalue weighted by Crippen LogP contribution is -2.28. The van der Waals surface area contributed by atoms with Gasteiger partial charge in [0.15, 0.2) is 0 Å². The van der Waals surface area contributed by atoms with E-state index in [1.807, 2.05) is 20.0 Å². The van der Waals surface area contributed by atoms with Gasteiger partial charge < -0.3 is 15.7 Å². The van der Waals surface area contributed by atoms with Crippen LogP contribution in [0.3, 0.4) is 0 Å². The molecule has 0 amide bonds. The van der Waals surface area contributed by atoms with Crippen molar-refractivity contribution >= 4 is 11.8 Å². The van der Waals surface area contributed by atoms with Gasteiger partial charge in [-0.05, 0) is 31.6 Å². The summed E-state index contributed by atoms with van der Waals surface area (Å²) in [6, 6.07) is 1.96. The zero-order chi connectivity index (χ0) is 13.7. The maximum absolute atomic E-state index is 9.42. The minimum atomic E-state index is 0.302. The quantitative estimate of drug-likeness (QED) is 0.759. The van der Waals surface area contributed by atoms with E-state index in [1.165, 1.54) is 19.3 Å². The second-order valence-corrected chi connectivity index (χ2v) is 5.34. The molecule has 0 spiro atoms. The van der Waals surface area contributed by atoms with Gasteiger partial charge in [-0.25, -0.2) is 4.98 Å². The number of hydrogen-bond acceptors (Lipinski definition) is 5. The average Bonchev–Trinajstić information content (AvgIpc) is 2.44. The maximum Gasteiger partial charge on any atom is 0.224 e. The SMILES string of the molecule is CNc1nc(C)cc(NCC2CCCCC2CO)n1. The van der Waals surface area contributed by atoms with Gasteiger partial charge in [0.1, 0.15) is 5.82 Å². The van der Waals surface area contributed by atoms with Gasteiger partial charge in [-0.15, -0.1) is 0 Å². The molecule has 2 atom stereocenters. The Bertz CT molecular complexity index is 410. The first-order chi connectivity index (χ1) is 9.22. The molecule has 0 saturated heterocycles. The van der Waals surface area contributed by atoms with Crippen LogP contribution in [0.25, 0.3) is 0 Å². The Labute approximate surface area is 114 Å². The van der Waals surface area contributed by atoms with Crippen LogP contribution in [-0.2, 0) is 0 Å². The molecule has 1 aromatic heterocycles. The highest BCUT2D eigenvalue weighted by molar-refractivity contribution is 5.41. The number of aliphatic hydroxyl groups is 1. The molecule has 1 heterocycles. The molecule has 2 rings (SSSR count). The monoisotopic (exact) mass is 264 g/mol. The lowest BCUT2D eigenvalue weighted by molar-refractivity contribution is 0.141. The Morgan fingerprint density at radius 2 is 2.00 bits per heavy atom. The number of hydrogen-bond donors (Lipinski definition) is 3. The van der Waals surface area contributed by atoms with Crippen molar-refractivity contribution in [3.05, 3.63) is 11.8 Å². The lowest BCUT2D eigenvalue weighted by Gasteiger charge is -2.30. The number of aromatic nitrogens is 2. The Kier molecular flexibility index (Phi) is 4.96. The standard InChI is InChI=1S/C14H24N4O/c1-10-7-13(18-14(15-2)17-10)16-8-11-5-3-4-6-12(11)9-19/h7,11-12,19H,3-6,8-9H2,1-2H3,(H2,15,16,17,18). The predicted octanol–water partition coefficient (Wildman–Crippen LogP) is 2.04. The smallest absolute Gasteiger partial charge is 0.224 e. The van der Waals surface area contributed by atoms with Crippen molar-refractivity contribution in [1.82, 2.24) is 9.97 Å². The molecule has 3 N–H and O–H groups in total. The largest absolute Gasteiger partial charge is 0.396 e. The van der Waals surface area contributed by atoms with E-state index in [9.17, 15) is 5.11 Å². The molecule has 0 radical (unpaired) electrons. The van der Waals surface area contributed by atoms with E-state index in [2.05, 4.69) is 20.6 Å². The molecule has 2 unspecified atom stereocenters. The fraction of sp³-hybridized carbons (Fsp3) is 0.714. The minimum Gasteiger partial charge on any atom is -0.396 e. The van der Waals surface area contributed by atoms with Crippen molar-refractivity contribution in [3.8, 4) is 0 Å². The van der Waals surface area contributed by atoms with E-state index in [-0.39, 0.29) is 0 Å². The number of rotatable bonds is 5.